The summed E-state index contributed by atoms with van der Waals surface area (Å²) in [5.74, 6) is -0.454. The third-order valence-corrected chi connectivity index (χ3v) is 4.76. The van der Waals surface area contributed by atoms with Crippen molar-refractivity contribution in [2.75, 3.05) is 11.9 Å². The number of aromatic nitrogens is 3. The van der Waals surface area contributed by atoms with Gasteiger partial charge < -0.3 is 9.47 Å². The summed E-state index contributed by atoms with van der Waals surface area (Å²) in [6, 6.07) is 8.99. The molecule has 1 aliphatic rings. The lowest BCUT2D eigenvalue weighted by Gasteiger charge is -2.16. The Bertz CT molecular complexity index is 993. The molecule has 0 saturated heterocycles. The van der Waals surface area contributed by atoms with E-state index in [9.17, 15) is 9.18 Å². The number of fused-ring (bicyclic) bond motifs is 1. The minimum atomic E-state index is -0.535. The minimum absolute atomic E-state index is 0.0817. The third-order valence-electron chi connectivity index (χ3n) is 4.76. The third kappa shape index (κ3) is 2.33. The average molecular weight is 336 g/mol. The van der Waals surface area contributed by atoms with E-state index >= 15 is 0 Å². The molecule has 4 rings (SSSR count). The molecule has 0 saturated carbocycles. The predicted octanol–water partition coefficient (Wildman–Crippen LogP) is 3.33. The monoisotopic (exact) mass is 336 g/mol. The number of amides is 1. The molecule has 0 aliphatic carbocycles. The highest BCUT2D eigenvalue weighted by molar-refractivity contribution is 6.07. The van der Waals surface area contributed by atoms with Crippen LogP contribution in [0.2, 0.25) is 0 Å². The highest BCUT2D eigenvalue weighted by Crippen LogP contribution is 2.41. The van der Waals surface area contributed by atoms with Crippen LogP contribution in [0.1, 0.15) is 19.4 Å². The molecular formula is C19H17FN4O. The number of pyridine rings is 1. The first kappa shape index (κ1) is 15.5. The van der Waals surface area contributed by atoms with Crippen LogP contribution in [0.4, 0.5) is 10.1 Å². The van der Waals surface area contributed by atoms with Crippen molar-refractivity contribution < 1.29 is 9.18 Å². The number of likely N-dealkylation sites (N-methyl/N-ethyl adjacent to an activating group) is 1. The molecule has 2 aromatic heterocycles. The molecule has 126 valence electrons. The van der Waals surface area contributed by atoms with Gasteiger partial charge in [-0.25, -0.2) is 9.97 Å². The fraction of sp³-hybridized carbons (Fsp3) is 0.211. The second-order valence-corrected chi connectivity index (χ2v) is 6.72. The highest BCUT2D eigenvalue weighted by atomic mass is 19.1. The van der Waals surface area contributed by atoms with Gasteiger partial charge in [0.2, 0.25) is 11.9 Å². The summed E-state index contributed by atoms with van der Waals surface area (Å²) in [6.07, 6.45) is 4.93. The zero-order valence-corrected chi connectivity index (χ0v) is 14.2. The summed E-state index contributed by atoms with van der Waals surface area (Å²) in [6.45, 7) is 3.87. The average Bonchev–Trinajstić information content (AvgIpc) is 3.15. The lowest BCUT2D eigenvalue weighted by atomic mass is 9.86. The van der Waals surface area contributed by atoms with Crippen molar-refractivity contribution in [3.05, 3.63) is 60.6 Å². The molecule has 0 fully saturated rings. The van der Waals surface area contributed by atoms with E-state index in [1.807, 2.05) is 42.8 Å². The first-order valence-electron chi connectivity index (χ1n) is 7.97. The van der Waals surface area contributed by atoms with Crippen LogP contribution in [-0.2, 0) is 10.2 Å². The molecule has 0 unspecified atom stereocenters. The summed E-state index contributed by atoms with van der Waals surface area (Å²) in [4.78, 5) is 22.0. The SMILES string of the molecule is CN1C(=O)C(C)(C)c2ccc(-n3cnc(-c4ccnc(F)c4)c3)cc21. The van der Waals surface area contributed by atoms with Gasteiger partial charge in [-0.15, -0.1) is 0 Å². The molecule has 0 spiro atoms. The summed E-state index contributed by atoms with van der Waals surface area (Å²) in [5.41, 5.74) is 3.62. The molecule has 6 heteroatoms. The van der Waals surface area contributed by atoms with Gasteiger partial charge in [0.25, 0.3) is 0 Å². The second kappa shape index (κ2) is 5.24. The van der Waals surface area contributed by atoms with Crippen LogP contribution in [-0.4, -0.2) is 27.5 Å². The molecular weight excluding hydrogens is 319 g/mol. The number of carbonyl (C=O) groups excluding carboxylic acids is 1. The zero-order chi connectivity index (χ0) is 17.8. The Hall–Kier alpha value is -3.02. The zero-order valence-electron chi connectivity index (χ0n) is 14.2. The van der Waals surface area contributed by atoms with Crippen LogP contribution in [0.15, 0.2) is 49.1 Å². The maximum atomic E-state index is 13.3. The van der Waals surface area contributed by atoms with E-state index < -0.39 is 11.4 Å². The van der Waals surface area contributed by atoms with Crippen LogP contribution in [0.3, 0.4) is 0 Å². The van der Waals surface area contributed by atoms with Crippen LogP contribution < -0.4 is 4.90 Å². The van der Waals surface area contributed by atoms with Crippen molar-refractivity contribution in [1.82, 2.24) is 14.5 Å². The molecule has 0 bridgehead atoms. The van der Waals surface area contributed by atoms with Crippen LogP contribution in [0.5, 0.6) is 0 Å². The van der Waals surface area contributed by atoms with E-state index in [0.29, 0.717) is 11.3 Å². The number of carbonyl (C=O) groups is 1. The van der Waals surface area contributed by atoms with E-state index in [4.69, 9.17) is 0 Å². The van der Waals surface area contributed by atoms with Crippen molar-refractivity contribution in [3.8, 4) is 16.9 Å². The van der Waals surface area contributed by atoms with Gasteiger partial charge in [0.15, 0.2) is 0 Å². The number of anilines is 1. The molecule has 3 heterocycles. The molecule has 1 aliphatic heterocycles. The van der Waals surface area contributed by atoms with E-state index in [0.717, 1.165) is 16.9 Å². The standard InChI is InChI=1S/C19H17FN4O/c1-19(2)14-5-4-13(9-16(14)23(3)18(19)25)24-10-15(22-11-24)12-6-7-21-17(20)8-12/h4-11H,1-3H3. The Morgan fingerprint density at radius 3 is 2.68 bits per heavy atom. The Labute approximate surface area is 144 Å². The summed E-state index contributed by atoms with van der Waals surface area (Å²) in [5, 5.41) is 0. The first-order chi connectivity index (χ1) is 11.9. The highest BCUT2D eigenvalue weighted by Gasteiger charge is 2.42. The molecule has 1 aromatic carbocycles. The molecule has 3 aromatic rings. The largest absolute Gasteiger partial charge is 0.314 e. The van der Waals surface area contributed by atoms with E-state index in [1.54, 1.807) is 24.3 Å². The number of halogens is 1. The van der Waals surface area contributed by atoms with E-state index in [2.05, 4.69) is 9.97 Å². The van der Waals surface area contributed by atoms with Gasteiger partial charge in [0, 0.05) is 42.4 Å². The summed E-state index contributed by atoms with van der Waals surface area (Å²) >= 11 is 0. The van der Waals surface area contributed by atoms with E-state index in [1.165, 1.54) is 12.3 Å². The number of hydrogen-bond donors (Lipinski definition) is 0. The fourth-order valence-electron chi connectivity index (χ4n) is 3.31. The quantitative estimate of drug-likeness (QED) is 0.675. The van der Waals surface area contributed by atoms with Crippen molar-refractivity contribution in [2.45, 2.75) is 19.3 Å². The fourth-order valence-corrected chi connectivity index (χ4v) is 3.31. The number of nitrogens with zero attached hydrogens (tertiary/aromatic N) is 4. The number of hydrogen-bond acceptors (Lipinski definition) is 3. The minimum Gasteiger partial charge on any atom is -0.314 e. The Balaban J connectivity index is 1.74. The maximum Gasteiger partial charge on any atom is 0.236 e. The van der Waals surface area contributed by atoms with Crippen LogP contribution in [0.25, 0.3) is 16.9 Å². The second-order valence-electron chi connectivity index (χ2n) is 6.72. The lowest BCUT2D eigenvalue weighted by Crippen LogP contribution is -2.33. The van der Waals surface area contributed by atoms with Gasteiger partial charge in [-0.3, -0.25) is 4.79 Å². The van der Waals surface area contributed by atoms with E-state index in [-0.39, 0.29) is 5.91 Å². The molecule has 0 radical (unpaired) electrons. The van der Waals surface area contributed by atoms with Crippen molar-refractivity contribution in [1.29, 1.82) is 0 Å². The van der Waals surface area contributed by atoms with Gasteiger partial charge >= 0.3 is 0 Å². The predicted molar refractivity (Wildman–Crippen MR) is 93.2 cm³/mol. The molecule has 5 nitrogen and oxygen atoms in total. The first-order valence-corrected chi connectivity index (χ1v) is 7.97. The Kier molecular flexibility index (Phi) is 3.25. The Morgan fingerprint density at radius 2 is 1.92 bits per heavy atom. The van der Waals surface area contributed by atoms with Gasteiger partial charge in [0.1, 0.15) is 0 Å². The smallest absolute Gasteiger partial charge is 0.236 e. The number of rotatable bonds is 2. The number of benzene rings is 1. The molecule has 1 amide bonds. The van der Waals surface area contributed by atoms with Crippen LogP contribution >= 0.6 is 0 Å². The summed E-state index contributed by atoms with van der Waals surface area (Å²) < 4.78 is 15.2. The van der Waals surface area contributed by atoms with Gasteiger partial charge in [-0.2, -0.15) is 4.39 Å². The molecule has 25 heavy (non-hydrogen) atoms. The normalized spacial score (nSPS) is 15.5. The Morgan fingerprint density at radius 1 is 1.12 bits per heavy atom. The van der Waals surface area contributed by atoms with Gasteiger partial charge in [-0.05, 0) is 37.6 Å². The van der Waals surface area contributed by atoms with Crippen molar-refractivity contribution >= 4 is 11.6 Å². The lowest BCUT2D eigenvalue weighted by molar-refractivity contribution is -0.121. The van der Waals surface area contributed by atoms with Gasteiger partial charge in [-0.1, -0.05) is 6.07 Å². The molecule has 0 atom stereocenters. The van der Waals surface area contributed by atoms with Crippen molar-refractivity contribution in [3.63, 3.8) is 0 Å². The topological polar surface area (TPSA) is 51.0 Å². The summed E-state index contributed by atoms with van der Waals surface area (Å²) in [7, 11) is 1.79. The number of imidazole rings is 1. The van der Waals surface area contributed by atoms with Crippen molar-refractivity contribution in [2.24, 2.45) is 0 Å². The van der Waals surface area contributed by atoms with Gasteiger partial charge in [0.05, 0.1) is 17.4 Å². The molecule has 0 N–H and O–H groups in total. The maximum absolute atomic E-state index is 13.3. The van der Waals surface area contributed by atoms with Crippen LogP contribution in [0, 0.1) is 5.95 Å².